The molecule has 1 heterocycles. The zero-order valence-electron chi connectivity index (χ0n) is 22.5. The summed E-state index contributed by atoms with van der Waals surface area (Å²) in [6, 6.07) is 11.6. The van der Waals surface area contributed by atoms with Gasteiger partial charge in [0, 0.05) is 6.54 Å². The van der Waals surface area contributed by atoms with E-state index in [9.17, 15) is 19.2 Å². The molecule has 2 aromatic rings. The minimum absolute atomic E-state index is 0.134. The minimum atomic E-state index is -1.20. The Hall–Kier alpha value is -4.28. The fourth-order valence-corrected chi connectivity index (χ4v) is 3.89. The molecular weight excluding hydrogens is 504 g/mol. The summed E-state index contributed by atoms with van der Waals surface area (Å²) in [5, 5.41) is 10.9. The summed E-state index contributed by atoms with van der Waals surface area (Å²) in [4.78, 5) is 51.9. The molecule has 0 bridgehead atoms. The lowest BCUT2D eigenvalue weighted by molar-refractivity contribution is -0.131. The number of fused-ring (bicyclic) bond motifs is 1. The second-order valence-electron chi connectivity index (χ2n) is 9.32. The van der Waals surface area contributed by atoms with Crippen molar-refractivity contribution in [2.24, 2.45) is 5.92 Å². The van der Waals surface area contributed by atoms with Crippen LogP contribution in [-0.4, -0.2) is 69.1 Å². The Labute approximate surface area is 228 Å². The van der Waals surface area contributed by atoms with Gasteiger partial charge in [0.15, 0.2) is 0 Å². The number of hydrogen-bond donors (Lipinski definition) is 4. The third-order valence-corrected chi connectivity index (χ3v) is 6.02. The van der Waals surface area contributed by atoms with E-state index in [1.54, 1.807) is 55.6 Å². The maximum Gasteiger partial charge on any atom is 0.255 e. The van der Waals surface area contributed by atoms with E-state index in [2.05, 4.69) is 21.3 Å². The van der Waals surface area contributed by atoms with Gasteiger partial charge >= 0.3 is 0 Å². The van der Waals surface area contributed by atoms with Crippen molar-refractivity contribution in [2.45, 2.75) is 38.8 Å². The highest BCUT2D eigenvalue weighted by atomic mass is 16.5. The molecule has 4 N–H and O–H groups in total. The average molecular weight is 541 g/mol. The zero-order chi connectivity index (χ0) is 28.2. The molecule has 11 nitrogen and oxygen atoms in total. The van der Waals surface area contributed by atoms with Gasteiger partial charge in [-0.1, -0.05) is 26.0 Å². The standard InChI is InChI=1S/C28H36N4O7/c1-18(2)25-28(36)29-13-6-15-39-23-8-5-4-7-21(23)26(34)31-22(17-24(33)32-25)27(35)30-14-16-38-20-11-9-19(37-3)10-12-20/h4-5,7-12,18,22,25H,6,13-17H2,1-3H3,(H,29,36)(H,30,35)(H,31,34)(H,32,33)/t22-,25+/m0/s1. The molecule has 0 aliphatic carbocycles. The van der Waals surface area contributed by atoms with Crippen LogP contribution in [-0.2, 0) is 14.4 Å². The molecule has 39 heavy (non-hydrogen) atoms. The lowest BCUT2D eigenvalue weighted by Gasteiger charge is -2.23. The first kappa shape index (κ1) is 29.3. The molecule has 0 unspecified atom stereocenters. The summed E-state index contributed by atoms with van der Waals surface area (Å²) in [6.07, 6.45) is 0.139. The molecule has 4 amide bonds. The predicted octanol–water partition coefficient (Wildman–Crippen LogP) is 1.42. The van der Waals surface area contributed by atoms with E-state index in [0.717, 1.165) is 0 Å². The van der Waals surface area contributed by atoms with Crippen LogP contribution in [0.5, 0.6) is 17.2 Å². The highest BCUT2D eigenvalue weighted by Gasteiger charge is 2.29. The van der Waals surface area contributed by atoms with Crippen LogP contribution in [0.2, 0.25) is 0 Å². The number of benzene rings is 2. The highest BCUT2D eigenvalue weighted by Crippen LogP contribution is 2.19. The Morgan fingerprint density at radius 3 is 2.49 bits per heavy atom. The van der Waals surface area contributed by atoms with Crippen molar-refractivity contribution in [3.63, 3.8) is 0 Å². The van der Waals surface area contributed by atoms with E-state index in [1.807, 2.05) is 13.8 Å². The van der Waals surface area contributed by atoms with Crippen LogP contribution in [0.15, 0.2) is 48.5 Å². The molecule has 2 atom stereocenters. The first-order valence-electron chi connectivity index (χ1n) is 12.9. The molecular formula is C28H36N4O7. The number of carbonyl (C=O) groups is 4. The zero-order valence-corrected chi connectivity index (χ0v) is 22.5. The average Bonchev–Trinajstić information content (AvgIpc) is 2.93. The molecule has 0 saturated heterocycles. The van der Waals surface area contributed by atoms with Crippen molar-refractivity contribution in [1.82, 2.24) is 21.3 Å². The Morgan fingerprint density at radius 2 is 1.77 bits per heavy atom. The van der Waals surface area contributed by atoms with Crippen LogP contribution in [0.25, 0.3) is 0 Å². The van der Waals surface area contributed by atoms with Crippen LogP contribution < -0.4 is 35.5 Å². The van der Waals surface area contributed by atoms with E-state index in [-0.39, 0.29) is 43.6 Å². The van der Waals surface area contributed by atoms with E-state index >= 15 is 0 Å². The molecule has 210 valence electrons. The number of nitrogens with one attached hydrogen (secondary N) is 4. The van der Waals surface area contributed by atoms with Gasteiger partial charge in [0.1, 0.15) is 35.9 Å². The molecule has 1 aliphatic heterocycles. The summed E-state index contributed by atoms with van der Waals surface area (Å²) in [7, 11) is 1.57. The van der Waals surface area contributed by atoms with Gasteiger partial charge in [-0.2, -0.15) is 0 Å². The molecule has 0 saturated carbocycles. The van der Waals surface area contributed by atoms with Crippen molar-refractivity contribution in [3.05, 3.63) is 54.1 Å². The Morgan fingerprint density at radius 1 is 1.05 bits per heavy atom. The van der Waals surface area contributed by atoms with Crippen LogP contribution in [0, 0.1) is 5.92 Å². The fourth-order valence-electron chi connectivity index (χ4n) is 3.89. The van der Waals surface area contributed by atoms with Crippen molar-refractivity contribution in [2.75, 3.05) is 33.4 Å². The SMILES string of the molecule is COc1ccc(OCCNC(=O)[C@@H]2CC(=O)N[C@H](C(C)C)C(=O)NCCCOc3ccccc3C(=O)N2)cc1. The first-order valence-corrected chi connectivity index (χ1v) is 12.9. The number of amides is 4. The summed E-state index contributed by atoms with van der Waals surface area (Å²) < 4.78 is 16.5. The molecule has 11 heteroatoms. The Bertz CT molecular complexity index is 1140. The van der Waals surface area contributed by atoms with Crippen molar-refractivity contribution >= 4 is 23.6 Å². The van der Waals surface area contributed by atoms with Crippen molar-refractivity contribution in [3.8, 4) is 17.2 Å². The molecule has 3 rings (SSSR count). The molecule has 1 aliphatic rings. The fraction of sp³-hybridized carbons (Fsp3) is 0.429. The van der Waals surface area contributed by atoms with Crippen LogP contribution >= 0.6 is 0 Å². The van der Waals surface area contributed by atoms with Gasteiger partial charge in [0.25, 0.3) is 5.91 Å². The van der Waals surface area contributed by atoms with Gasteiger partial charge in [-0.15, -0.1) is 0 Å². The summed E-state index contributed by atoms with van der Waals surface area (Å²) in [5.41, 5.74) is 0.234. The third kappa shape index (κ3) is 8.91. The summed E-state index contributed by atoms with van der Waals surface area (Å²) in [5.74, 6) is -0.551. The van der Waals surface area contributed by atoms with Crippen LogP contribution in [0.4, 0.5) is 0 Å². The number of methoxy groups -OCH3 is 1. The number of carbonyl (C=O) groups excluding carboxylic acids is 4. The van der Waals surface area contributed by atoms with Gasteiger partial charge in [-0.3, -0.25) is 19.2 Å². The lowest BCUT2D eigenvalue weighted by Crippen LogP contribution is -2.53. The van der Waals surface area contributed by atoms with Crippen LogP contribution in [0.1, 0.15) is 37.0 Å². The molecule has 0 radical (unpaired) electrons. The smallest absolute Gasteiger partial charge is 0.255 e. The number of ether oxygens (including phenoxy) is 3. The maximum atomic E-state index is 13.2. The van der Waals surface area contributed by atoms with Gasteiger partial charge in [0.05, 0.1) is 32.2 Å². The second kappa shape index (κ2) is 14.6. The minimum Gasteiger partial charge on any atom is -0.497 e. The summed E-state index contributed by atoms with van der Waals surface area (Å²) >= 11 is 0. The Balaban J connectivity index is 1.72. The maximum absolute atomic E-state index is 13.2. The third-order valence-electron chi connectivity index (χ3n) is 6.02. The van der Waals surface area contributed by atoms with E-state index in [1.165, 1.54) is 0 Å². The Kier molecular flexibility index (Phi) is 11.0. The van der Waals surface area contributed by atoms with E-state index < -0.39 is 29.8 Å². The highest BCUT2D eigenvalue weighted by molar-refractivity contribution is 6.01. The summed E-state index contributed by atoms with van der Waals surface area (Å²) in [6.45, 7) is 4.53. The lowest BCUT2D eigenvalue weighted by atomic mass is 10.0. The van der Waals surface area contributed by atoms with Crippen molar-refractivity contribution in [1.29, 1.82) is 0 Å². The van der Waals surface area contributed by atoms with Gasteiger partial charge in [-0.05, 0) is 48.7 Å². The van der Waals surface area contributed by atoms with Gasteiger partial charge in [0.2, 0.25) is 17.7 Å². The second-order valence-corrected chi connectivity index (χ2v) is 9.32. The predicted molar refractivity (Wildman–Crippen MR) is 144 cm³/mol. The number of rotatable bonds is 7. The van der Waals surface area contributed by atoms with Crippen LogP contribution in [0.3, 0.4) is 0 Å². The number of para-hydroxylation sites is 1. The largest absolute Gasteiger partial charge is 0.497 e. The first-order chi connectivity index (χ1) is 18.8. The topological polar surface area (TPSA) is 144 Å². The van der Waals surface area contributed by atoms with Gasteiger partial charge < -0.3 is 35.5 Å². The normalized spacial score (nSPS) is 18.7. The molecule has 0 fully saturated rings. The van der Waals surface area contributed by atoms with Gasteiger partial charge in [-0.25, -0.2) is 0 Å². The quantitative estimate of drug-likeness (QED) is 0.389. The molecule has 0 spiro atoms. The van der Waals surface area contributed by atoms with E-state index in [4.69, 9.17) is 14.2 Å². The monoisotopic (exact) mass is 540 g/mol. The van der Waals surface area contributed by atoms with Crippen molar-refractivity contribution < 1.29 is 33.4 Å². The van der Waals surface area contributed by atoms with E-state index in [0.29, 0.717) is 30.2 Å². The molecule has 2 aromatic carbocycles. The molecule has 0 aromatic heterocycles. The number of hydrogen-bond acceptors (Lipinski definition) is 7.